The maximum Gasteiger partial charge on any atom is 0.233 e. The van der Waals surface area contributed by atoms with Crippen molar-refractivity contribution in [1.29, 1.82) is 0 Å². The van der Waals surface area contributed by atoms with Crippen LogP contribution in [0.3, 0.4) is 0 Å². The summed E-state index contributed by atoms with van der Waals surface area (Å²) in [7, 11) is 1.63. The van der Waals surface area contributed by atoms with Crippen molar-refractivity contribution in [2.24, 2.45) is 0 Å². The second-order valence-corrected chi connectivity index (χ2v) is 6.21. The number of likely N-dealkylation sites (tertiary alicyclic amines) is 1. The predicted octanol–water partition coefficient (Wildman–Crippen LogP) is 1.68. The van der Waals surface area contributed by atoms with E-state index in [1.807, 2.05) is 12.1 Å². The first-order chi connectivity index (χ1) is 10.5. The zero-order valence-electron chi connectivity index (χ0n) is 12.8. The normalized spacial score (nSPS) is 22.9. The second kappa shape index (κ2) is 7.81. The molecule has 2 rings (SSSR count). The van der Waals surface area contributed by atoms with Gasteiger partial charge in [0.25, 0.3) is 0 Å². The lowest BCUT2D eigenvalue weighted by molar-refractivity contribution is -0.121. The van der Waals surface area contributed by atoms with Gasteiger partial charge < -0.3 is 15.2 Å². The SMILES string of the molecule is CNC(=O)CN1CCCC(O)(COc2cccc(Cl)c2)CC1. The number of aliphatic hydroxyl groups is 1. The Morgan fingerprint density at radius 3 is 3.00 bits per heavy atom. The van der Waals surface area contributed by atoms with E-state index < -0.39 is 5.60 Å². The van der Waals surface area contributed by atoms with Gasteiger partial charge in [0, 0.05) is 18.6 Å². The van der Waals surface area contributed by atoms with Crippen molar-refractivity contribution in [2.45, 2.75) is 24.9 Å². The number of hydrogen-bond acceptors (Lipinski definition) is 4. The molecule has 1 aliphatic rings. The highest BCUT2D eigenvalue weighted by Crippen LogP contribution is 2.25. The molecule has 5 nitrogen and oxygen atoms in total. The Labute approximate surface area is 136 Å². The van der Waals surface area contributed by atoms with Crippen LogP contribution in [0.25, 0.3) is 0 Å². The molecule has 122 valence electrons. The second-order valence-electron chi connectivity index (χ2n) is 5.77. The van der Waals surface area contributed by atoms with Gasteiger partial charge >= 0.3 is 0 Å². The third-order valence-electron chi connectivity index (χ3n) is 3.96. The lowest BCUT2D eigenvalue weighted by atomic mass is 9.96. The molecule has 1 fully saturated rings. The van der Waals surface area contributed by atoms with E-state index in [-0.39, 0.29) is 12.5 Å². The summed E-state index contributed by atoms with van der Waals surface area (Å²) >= 11 is 5.92. The van der Waals surface area contributed by atoms with Crippen molar-refractivity contribution in [1.82, 2.24) is 10.2 Å². The molecule has 1 atom stereocenters. The molecule has 1 unspecified atom stereocenters. The number of halogens is 1. The van der Waals surface area contributed by atoms with E-state index in [0.29, 0.717) is 36.7 Å². The first kappa shape index (κ1) is 17.1. The van der Waals surface area contributed by atoms with Crippen LogP contribution in [-0.2, 0) is 4.79 Å². The zero-order valence-corrected chi connectivity index (χ0v) is 13.6. The van der Waals surface area contributed by atoms with Gasteiger partial charge in [0.1, 0.15) is 12.4 Å². The van der Waals surface area contributed by atoms with Crippen LogP contribution in [0.5, 0.6) is 5.75 Å². The smallest absolute Gasteiger partial charge is 0.233 e. The topological polar surface area (TPSA) is 61.8 Å². The Bertz CT molecular complexity index is 512. The molecule has 0 bridgehead atoms. The van der Waals surface area contributed by atoms with Gasteiger partial charge in [0.15, 0.2) is 0 Å². The van der Waals surface area contributed by atoms with E-state index >= 15 is 0 Å². The Hall–Kier alpha value is -1.30. The summed E-state index contributed by atoms with van der Waals surface area (Å²) in [6.07, 6.45) is 2.09. The highest BCUT2D eigenvalue weighted by Gasteiger charge is 2.31. The first-order valence-electron chi connectivity index (χ1n) is 7.54. The van der Waals surface area contributed by atoms with Gasteiger partial charge in [-0.3, -0.25) is 9.69 Å². The number of likely N-dealkylation sites (N-methyl/N-ethyl adjacent to an activating group) is 1. The molecule has 1 heterocycles. The number of hydrogen-bond donors (Lipinski definition) is 2. The lowest BCUT2D eigenvalue weighted by Crippen LogP contribution is -2.39. The maximum atomic E-state index is 11.4. The van der Waals surface area contributed by atoms with Crippen LogP contribution in [-0.4, -0.2) is 54.8 Å². The van der Waals surface area contributed by atoms with Crippen LogP contribution in [0.2, 0.25) is 5.02 Å². The van der Waals surface area contributed by atoms with E-state index in [4.69, 9.17) is 16.3 Å². The summed E-state index contributed by atoms with van der Waals surface area (Å²) < 4.78 is 5.69. The molecule has 1 saturated heterocycles. The molecular weight excluding hydrogens is 304 g/mol. The van der Waals surface area contributed by atoms with Crippen LogP contribution in [0.15, 0.2) is 24.3 Å². The van der Waals surface area contributed by atoms with Gasteiger partial charge in [-0.25, -0.2) is 0 Å². The van der Waals surface area contributed by atoms with Crippen LogP contribution >= 0.6 is 11.6 Å². The highest BCUT2D eigenvalue weighted by molar-refractivity contribution is 6.30. The summed E-state index contributed by atoms with van der Waals surface area (Å²) in [5, 5.41) is 13.9. The van der Waals surface area contributed by atoms with Crippen LogP contribution in [0, 0.1) is 0 Å². The molecule has 22 heavy (non-hydrogen) atoms. The number of amides is 1. The zero-order chi connectivity index (χ0) is 16.0. The summed E-state index contributed by atoms with van der Waals surface area (Å²) in [5.41, 5.74) is -0.861. The molecule has 6 heteroatoms. The van der Waals surface area contributed by atoms with Gasteiger partial charge in [0.05, 0.1) is 12.1 Å². The van der Waals surface area contributed by atoms with E-state index in [1.54, 1.807) is 19.2 Å². The number of nitrogens with zero attached hydrogens (tertiary/aromatic N) is 1. The Morgan fingerprint density at radius 2 is 2.27 bits per heavy atom. The molecule has 0 aromatic heterocycles. The lowest BCUT2D eigenvalue weighted by Gasteiger charge is -2.27. The van der Waals surface area contributed by atoms with Crippen molar-refractivity contribution in [3.8, 4) is 5.75 Å². The predicted molar refractivity (Wildman–Crippen MR) is 86.3 cm³/mol. The molecule has 1 aromatic rings. The number of nitrogens with one attached hydrogen (secondary N) is 1. The Kier molecular flexibility index (Phi) is 6.06. The number of ether oxygens (including phenoxy) is 1. The van der Waals surface area contributed by atoms with Gasteiger partial charge in [0.2, 0.25) is 5.91 Å². The summed E-state index contributed by atoms with van der Waals surface area (Å²) in [5.74, 6) is 0.660. The number of rotatable bonds is 5. The fraction of sp³-hybridized carbons (Fsp3) is 0.562. The van der Waals surface area contributed by atoms with Crippen LogP contribution in [0.1, 0.15) is 19.3 Å². The maximum absolute atomic E-state index is 11.4. The monoisotopic (exact) mass is 326 g/mol. The average molecular weight is 327 g/mol. The minimum atomic E-state index is -0.861. The molecule has 0 saturated carbocycles. The minimum absolute atomic E-state index is 0.000572. The fourth-order valence-corrected chi connectivity index (χ4v) is 2.77. The molecule has 0 spiro atoms. The molecular formula is C16H23ClN2O3. The van der Waals surface area contributed by atoms with Crippen LogP contribution in [0.4, 0.5) is 0 Å². The van der Waals surface area contributed by atoms with Crippen molar-refractivity contribution in [3.63, 3.8) is 0 Å². The van der Waals surface area contributed by atoms with Gasteiger partial charge in [-0.1, -0.05) is 17.7 Å². The molecule has 0 aliphatic carbocycles. The molecule has 0 radical (unpaired) electrons. The average Bonchev–Trinajstić information content (AvgIpc) is 2.68. The number of carbonyl (C=O) groups is 1. The highest BCUT2D eigenvalue weighted by atomic mass is 35.5. The minimum Gasteiger partial charge on any atom is -0.491 e. The summed E-state index contributed by atoms with van der Waals surface area (Å²) in [6, 6.07) is 7.16. The first-order valence-corrected chi connectivity index (χ1v) is 7.92. The van der Waals surface area contributed by atoms with Gasteiger partial charge in [-0.15, -0.1) is 0 Å². The van der Waals surface area contributed by atoms with E-state index in [2.05, 4.69) is 10.2 Å². The van der Waals surface area contributed by atoms with Gasteiger partial charge in [-0.2, -0.15) is 0 Å². The van der Waals surface area contributed by atoms with Crippen molar-refractivity contribution >= 4 is 17.5 Å². The van der Waals surface area contributed by atoms with Crippen LogP contribution < -0.4 is 10.1 Å². The van der Waals surface area contributed by atoms with E-state index in [9.17, 15) is 9.90 Å². The standard InChI is InChI=1S/C16H23ClN2O3/c1-18-15(20)11-19-8-3-6-16(21,7-9-19)12-22-14-5-2-4-13(17)10-14/h2,4-5,10,21H,3,6-9,11-12H2,1H3,(H,18,20). The molecule has 1 aromatic carbocycles. The quantitative estimate of drug-likeness (QED) is 0.864. The number of benzene rings is 1. The summed E-state index contributed by atoms with van der Waals surface area (Å²) in [6.45, 7) is 2.11. The Balaban J connectivity index is 1.86. The van der Waals surface area contributed by atoms with Crippen molar-refractivity contribution < 1.29 is 14.6 Å². The van der Waals surface area contributed by atoms with Crippen molar-refractivity contribution in [2.75, 3.05) is 33.3 Å². The van der Waals surface area contributed by atoms with E-state index in [1.165, 1.54) is 0 Å². The fourth-order valence-electron chi connectivity index (χ4n) is 2.59. The molecule has 1 aliphatic heterocycles. The third-order valence-corrected chi connectivity index (χ3v) is 4.19. The molecule has 1 amide bonds. The van der Waals surface area contributed by atoms with Gasteiger partial charge in [-0.05, 0) is 44.0 Å². The Morgan fingerprint density at radius 1 is 1.45 bits per heavy atom. The number of carbonyl (C=O) groups excluding carboxylic acids is 1. The molecule has 2 N–H and O–H groups in total. The largest absolute Gasteiger partial charge is 0.491 e. The van der Waals surface area contributed by atoms with Crippen molar-refractivity contribution in [3.05, 3.63) is 29.3 Å². The third kappa shape index (κ3) is 5.16. The summed E-state index contributed by atoms with van der Waals surface area (Å²) in [4.78, 5) is 13.5. The van der Waals surface area contributed by atoms with E-state index in [0.717, 1.165) is 13.0 Å².